The van der Waals surface area contributed by atoms with Gasteiger partial charge in [0.1, 0.15) is 5.75 Å². The molecular weight excluding hydrogens is 264 g/mol. The summed E-state index contributed by atoms with van der Waals surface area (Å²) in [7, 11) is 0. The largest absolute Gasteiger partial charge is 0.508 e. The fraction of sp³-hybridized carbons (Fsp3) is 0.529. The zero-order valence-electron chi connectivity index (χ0n) is 12.8. The Kier molecular flexibility index (Phi) is 8.93. The van der Waals surface area contributed by atoms with Crippen molar-refractivity contribution in [3.63, 3.8) is 0 Å². The molecule has 4 nitrogen and oxygen atoms in total. The molecule has 0 spiro atoms. The number of hydrogen-bond donors (Lipinski definition) is 2. The van der Waals surface area contributed by atoms with Crippen molar-refractivity contribution in [2.75, 3.05) is 0 Å². The first-order chi connectivity index (χ1) is 10.2. The van der Waals surface area contributed by atoms with E-state index in [1.54, 1.807) is 18.2 Å². The first-order valence-corrected chi connectivity index (χ1v) is 7.83. The zero-order chi connectivity index (χ0) is 15.3. The van der Waals surface area contributed by atoms with E-state index in [-0.39, 0.29) is 11.7 Å². The van der Waals surface area contributed by atoms with Crippen LogP contribution in [0.2, 0.25) is 0 Å². The van der Waals surface area contributed by atoms with Gasteiger partial charge >= 0.3 is 0 Å². The molecule has 0 saturated heterocycles. The minimum Gasteiger partial charge on any atom is -0.508 e. The van der Waals surface area contributed by atoms with Gasteiger partial charge in [-0.25, -0.2) is 5.43 Å². The number of hydrogen-bond acceptors (Lipinski definition) is 3. The van der Waals surface area contributed by atoms with Crippen LogP contribution in [0.15, 0.2) is 29.4 Å². The average molecular weight is 290 g/mol. The third-order valence-corrected chi connectivity index (χ3v) is 3.28. The van der Waals surface area contributed by atoms with Crippen molar-refractivity contribution >= 4 is 12.1 Å². The van der Waals surface area contributed by atoms with Crippen LogP contribution in [0.1, 0.15) is 63.9 Å². The first-order valence-electron chi connectivity index (χ1n) is 7.83. The van der Waals surface area contributed by atoms with Gasteiger partial charge in [0.15, 0.2) is 0 Å². The van der Waals surface area contributed by atoms with Crippen LogP contribution >= 0.6 is 0 Å². The SMILES string of the molecule is CCCCCCCCCC(=O)NN=Cc1cccc(O)c1. The van der Waals surface area contributed by atoms with Crippen LogP contribution in [0, 0.1) is 0 Å². The number of nitrogens with zero attached hydrogens (tertiary/aromatic N) is 1. The highest BCUT2D eigenvalue weighted by atomic mass is 16.3. The molecule has 0 atom stereocenters. The Bertz CT molecular complexity index is 444. The standard InChI is InChI=1S/C17H26N2O2/c1-2-3-4-5-6-7-8-12-17(21)19-18-14-15-10-9-11-16(20)13-15/h9-11,13-14,20H,2-8,12H2,1H3,(H,19,21). The van der Waals surface area contributed by atoms with Gasteiger partial charge in [0.05, 0.1) is 6.21 Å². The molecule has 0 aliphatic carbocycles. The fourth-order valence-electron chi connectivity index (χ4n) is 2.08. The molecule has 2 N–H and O–H groups in total. The van der Waals surface area contributed by atoms with Gasteiger partial charge in [-0.2, -0.15) is 5.10 Å². The number of phenolic OH excluding ortho intramolecular Hbond substituents is 1. The topological polar surface area (TPSA) is 61.7 Å². The maximum atomic E-state index is 11.6. The van der Waals surface area contributed by atoms with Crippen LogP contribution < -0.4 is 5.43 Å². The summed E-state index contributed by atoms with van der Waals surface area (Å²) in [6.45, 7) is 2.21. The van der Waals surface area contributed by atoms with E-state index in [0.717, 1.165) is 18.4 Å². The van der Waals surface area contributed by atoms with Gasteiger partial charge < -0.3 is 5.11 Å². The van der Waals surface area contributed by atoms with Crippen LogP contribution in [-0.2, 0) is 4.79 Å². The van der Waals surface area contributed by atoms with Crippen molar-refractivity contribution in [3.8, 4) is 5.75 Å². The highest BCUT2D eigenvalue weighted by Crippen LogP contribution is 2.09. The number of carbonyl (C=O) groups is 1. The zero-order valence-corrected chi connectivity index (χ0v) is 12.8. The highest BCUT2D eigenvalue weighted by molar-refractivity contribution is 5.82. The van der Waals surface area contributed by atoms with Crippen molar-refractivity contribution in [3.05, 3.63) is 29.8 Å². The molecule has 0 saturated carbocycles. The van der Waals surface area contributed by atoms with E-state index in [1.165, 1.54) is 38.3 Å². The van der Waals surface area contributed by atoms with Gasteiger partial charge in [0, 0.05) is 6.42 Å². The van der Waals surface area contributed by atoms with E-state index in [9.17, 15) is 9.90 Å². The summed E-state index contributed by atoms with van der Waals surface area (Å²) in [5.41, 5.74) is 3.27. The quantitative estimate of drug-likeness (QED) is 0.389. The molecule has 0 heterocycles. The molecule has 0 fully saturated rings. The van der Waals surface area contributed by atoms with Gasteiger partial charge in [0.2, 0.25) is 5.91 Å². The number of unbranched alkanes of at least 4 members (excludes halogenated alkanes) is 6. The summed E-state index contributed by atoms with van der Waals surface area (Å²) in [6.07, 6.45) is 10.4. The Morgan fingerprint density at radius 2 is 1.90 bits per heavy atom. The maximum Gasteiger partial charge on any atom is 0.240 e. The Morgan fingerprint density at radius 1 is 1.19 bits per heavy atom. The Hall–Kier alpha value is -1.84. The van der Waals surface area contributed by atoms with Crippen LogP contribution in [-0.4, -0.2) is 17.2 Å². The predicted octanol–water partition coefficient (Wildman–Crippen LogP) is 3.98. The Morgan fingerprint density at radius 3 is 2.62 bits per heavy atom. The summed E-state index contributed by atoms with van der Waals surface area (Å²) in [5, 5.41) is 13.2. The molecule has 4 heteroatoms. The summed E-state index contributed by atoms with van der Waals surface area (Å²) in [5.74, 6) is 0.133. The van der Waals surface area contributed by atoms with Crippen molar-refractivity contribution in [2.45, 2.75) is 58.3 Å². The van der Waals surface area contributed by atoms with Gasteiger partial charge in [-0.05, 0) is 24.1 Å². The molecule has 21 heavy (non-hydrogen) atoms. The van der Waals surface area contributed by atoms with E-state index in [0.29, 0.717) is 6.42 Å². The Balaban J connectivity index is 2.08. The molecule has 1 rings (SSSR count). The lowest BCUT2D eigenvalue weighted by atomic mass is 10.1. The summed E-state index contributed by atoms with van der Waals surface area (Å²) in [4.78, 5) is 11.6. The van der Waals surface area contributed by atoms with Crippen LogP contribution in [0.25, 0.3) is 0 Å². The summed E-state index contributed by atoms with van der Waals surface area (Å²) >= 11 is 0. The minimum absolute atomic E-state index is 0.0556. The molecule has 1 amide bonds. The number of phenols is 1. The first kappa shape index (κ1) is 17.2. The van der Waals surface area contributed by atoms with E-state index >= 15 is 0 Å². The number of rotatable bonds is 10. The van der Waals surface area contributed by atoms with Gasteiger partial charge in [-0.1, -0.05) is 57.6 Å². The molecule has 0 unspecified atom stereocenters. The lowest BCUT2D eigenvalue weighted by molar-refractivity contribution is -0.121. The van der Waals surface area contributed by atoms with E-state index in [1.807, 2.05) is 6.07 Å². The van der Waals surface area contributed by atoms with E-state index in [2.05, 4.69) is 17.5 Å². The van der Waals surface area contributed by atoms with Crippen molar-refractivity contribution in [1.29, 1.82) is 0 Å². The van der Waals surface area contributed by atoms with E-state index < -0.39 is 0 Å². The molecule has 0 radical (unpaired) electrons. The second-order valence-corrected chi connectivity index (χ2v) is 5.26. The monoisotopic (exact) mass is 290 g/mol. The van der Waals surface area contributed by atoms with Crippen molar-refractivity contribution in [1.82, 2.24) is 5.43 Å². The van der Waals surface area contributed by atoms with Crippen molar-refractivity contribution in [2.24, 2.45) is 5.10 Å². The average Bonchev–Trinajstić information content (AvgIpc) is 2.46. The molecule has 0 bridgehead atoms. The van der Waals surface area contributed by atoms with Gasteiger partial charge in [0.25, 0.3) is 0 Å². The van der Waals surface area contributed by atoms with Crippen molar-refractivity contribution < 1.29 is 9.90 Å². The molecule has 0 aromatic heterocycles. The number of hydrazone groups is 1. The van der Waals surface area contributed by atoms with Crippen LogP contribution in [0.5, 0.6) is 5.75 Å². The minimum atomic E-state index is -0.0556. The number of aromatic hydroxyl groups is 1. The summed E-state index contributed by atoms with van der Waals surface area (Å²) < 4.78 is 0. The maximum absolute atomic E-state index is 11.6. The molecule has 1 aromatic rings. The number of benzene rings is 1. The molecule has 0 aliphatic heterocycles. The smallest absolute Gasteiger partial charge is 0.240 e. The third-order valence-electron chi connectivity index (χ3n) is 3.28. The van der Waals surface area contributed by atoms with Crippen LogP contribution in [0.3, 0.4) is 0 Å². The number of amides is 1. The number of nitrogens with one attached hydrogen (secondary N) is 1. The predicted molar refractivity (Wildman–Crippen MR) is 86.5 cm³/mol. The van der Waals surface area contributed by atoms with Gasteiger partial charge in [-0.3, -0.25) is 4.79 Å². The fourth-order valence-corrected chi connectivity index (χ4v) is 2.08. The normalized spacial score (nSPS) is 10.9. The third kappa shape index (κ3) is 8.84. The molecule has 0 aliphatic rings. The highest BCUT2D eigenvalue weighted by Gasteiger charge is 1.99. The Labute approximate surface area is 127 Å². The second-order valence-electron chi connectivity index (χ2n) is 5.26. The number of carbonyl (C=O) groups excluding carboxylic acids is 1. The van der Waals surface area contributed by atoms with Crippen LogP contribution in [0.4, 0.5) is 0 Å². The molecule has 116 valence electrons. The summed E-state index contributed by atoms with van der Waals surface area (Å²) in [6, 6.07) is 6.73. The lowest BCUT2D eigenvalue weighted by Gasteiger charge is -2.01. The second kappa shape index (κ2) is 10.9. The molecule has 1 aromatic carbocycles. The van der Waals surface area contributed by atoms with Gasteiger partial charge in [-0.15, -0.1) is 0 Å². The lowest BCUT2D eigenvalue weighted by Crippen LogP contribution is -2.16. The molecular formula is C17H26N2O2. The van der Waals surface area contributed by atoms with E-state index in [4.69, 9.17) is 0 Å².